The molecule has 14 heavy (non-hydrogen) atoms. The molecule has 0 saturated carbocycles. The first kappa shape index (κ1) is 11.0. The number of hydrogen-bond donors (Lipinski definition) is 3. The summed E-state index contributed by atoms with van der Waals surface area (Å²) in [6.45, 7) is -0.474. The summed E-state index contributed by atoms with van der Waals surface area (Å²) in [4.78, 5) is 0. The molecule has 0 aliphatic heterocycles. The van der Waals surface area contributed by atoms with Crippen molar-refractivity contribution in [1.82, 2.24) is 0 Å². The van der Waals surface area contributed by atoms with Crippen molar-refractivity contribution in [2.75, 3.05) is 6.61 Å². The Hall–Kier alpha value is -1.04. The largest absolute Gasteiger partial charge is 0.395 e. The predicted octanol–water partition coefficient (Wildman–Crippen LogP) is 0.318. The fourth-order valence-corrected chi connectivity index (χ4v) is 1.07. The summed E-state index contributed by atoms with van der Waals surface area (Å²) in [5.74, 6) is -1.60. The molecule has 0 bridgehead atoms. The van der Waals surface area contributed by atoms with Crippen LogP contribution in [0.5, 0.6) is 0 Å². The third-order valence-electron chi connectivity index (χ3n) is 1.90. The van der Waals surface area contributed by atoms with Gasteiger partial charge < -0.3 is 15.9 Å². The fraction of sp³-hybridized carbons (Fsp3) is 0.333. The molecule has 0 aromatic heterocycles. The van der Waals surface area contributed by atoms with Crippen LogP contribution in [0.4, 0.5) is 8.78 Å². The molecule has 0 radical (unpaired) electrons. The number of nitrogens with two attached hydrogens (primary N) is 1. The lowest BCUT2D eigenvalue weighted by atomic mass is 10.0. The molecule has 2 unspecified atom stereocenters. The normalized spacial score (nSPS) is 15.2. The summed E-state index contributed by atoms with van der Waals surface area (Å²) in [6.07, 6.45) is -1.33. The molecule has 1 aromatic carbocycles. The van der Waals surface area contributed by atoms with Crippen molar-refractivity contribution < 1.29 is 19.0 Å². The Morgan fingerprint density at radius 1 is 1.36 bits per heavy atom. The summed E-state index contributed by atoms with van der Waals surface area (Å²) in [5.41, 5.74) is 5.18. The highest BCUT2D eigenvalue weighted by atomic mass is 19.1. The van der Waals surface area contributed by atoms with Gasteiger partial charge in [-0.05, 0) is 6.07 Å². The maximum absolute atomic E-state index is 13.1. The van der Waals surface area contributed by atoms with Crippen molar-refractivity contribution in [2.45, 2.75) is 12.1 Å². The molecule has 0 fully saturated rings. The molecule has 78 valence electrons. The topological polar surface area (TPSA) is 66.5 Å². The first-order chi connectivity index (χ1) is 6.56. The quantitative estimate of drug-likeness (QED) is 0.662. The van der Waals surface area contributed by atoms with E-state index < -0.39 is 30.4 Å². The Labute approximate surface area is 79.8 Å². The van der Waals surface area contributed by atoms with E-state index in [1.54, 1.807) is 0 Å². The number of halogens is 2. The van der Waals surface area contributed by atoms with Crippen molar-refractivity contribution in [3.8, 4) is 0 Å². The van der Waals surface area contributed by atoms with Crippen LogP contribution in [-0.2, 0) is 0 Å². The fourth-order valence-electron chi connectivity index (χ4n) is 1.07. The van der Waals surface area contributed by atoms with Crippen LogP contribution in [-0.4, -0.2) is 22.9 Å². The Kier molecular flexibility index (Phi) is 3.51. The molecule has 5 heteroatoms. The smallest absolute Gasteiger partial charge is 0.131 e. The second-order valence-electron chi connectivity index (χ2n) is 2.96. The maximum atomic E-state index is 13.1. The van der Waals surface area contributed by atoms with Gasteiger partial charge in [-0.3, -0.25) is 0 Å². The van der Waals surface area contributed by atoms with Gasteiger partial charge in [0.25, 0.3) is 0 Å². The van der Waals surface area contributed by atoms with Crippen molar-refractivity contribution >= 4 is 0 Å². The zero-order valence-electron chi connectivity index (χ0n) is 7.32. The van der Waals surface area contributed by atoms with Gasteiger partial charge in [0.2, 0.25) is 0 Å². The van der Waals surface area contributed by atoms with Crippen LogP contribution >= 0.6 is 0 Å². The highest BCUT2D eigenvalue weighted by molar-refractivity contribution is 5.22. The second kappa shape index (κ2) is 4.45. The second-order valence-corrected chi connectivity index (χ2v) is 2.96. The zero-order valence-corrected chi connectivity index (χ0v) is 7.32. The summed E-state index contributed by atoms with van der Waals surface area (Å²) >= 11 is 0. The van der Waals surface area contributed by atoms with Crippen LogP contribution in [0.25, 0.3) is 0 Å². The average molecular weight is 203 g/mol. The van der Waals surface area contributed by atoms with E-state index in [1.807, 2.05) is 0 Å². The van der Waals surface area contributed by atoms with Crippen LogP contribution in [0, 0.1) is 11.6 Å². The average Bonchev–Trinajstić information content (AvgIpc) is 2.15. The molecule has 1 aromatic rings. The van der Waals surface area contributed by atoms with E-state index in [0.717, 1.165) is 12.1 Å². The third kappa shape index (κ3) is 2.25. The monoisotopic (exact) mass is 203 g/mol. The number of aliphatic hydroxyl groups excluding tert-OH is 2. The highest BCUT2D eigenvalue weighted by Crippen LogP contribution is 2.19. The van der Waals surface area contributed by atoms with Gasteiger partial charge in [0.05, 0.1) is 18.8 Å². The Bertz CT molecular complexity index is 320. The minimum Gasteiger partial charge on any atom is -0.395 e. The van der Waals surface area contributed by atoms with Crippen LogP contribution in [0.1, 0.15) is 11.7 Å². The minimum atomic E-state index is -1.33. The van der Waals surface area contributed by atoms with Gasteiger partial charge in [-0.1, -0.05) is 6.07 Å². The Balaban J connectivity index is 2.95. The molecular formula is C9H11F2NO2. The molecule has 0 spiro atoms. The zero-order chi connectivity index (χ0) is 10.7. The summed E-state index contributed by atoms with van der Waals surface area (Å²) in [6, 6.07) is 1.80. The van der Waals surface area contributed by atoms with E-state index in [0.29, 0.717) is 6.07 Å². The molecule has 1 rings (SSSR count). The first-order valence-corrected chi connectivity index (χ1v) is 4.05. The van der Waals surface area contributed by atoms with Gasteiger partial charge in [-0.2, -0.15) is 0 Å². The molecular weight excluding hydrogens is 192 g/mol. The lowest BCUT2D eigenvalue weighted by Gasteiger charge is -2.17. The molecule has 0 aliphatic carbocycles. The molecule has 0 aliphatic rings. The summed E-state index contributed by atoms with van der Waals surface area (Å²) in [7, 11) is 0. The Morgan fingerprint density at radius 2 is 2.00 bits per heavy atom. The van der Waals surface area contributed by atoms with E-state index in [-0.39, 0.29) is 5.56 Å². The third-order valence-corrected chi connectivity index (χ3v) is 1.90. The summed E-state index contributed by atoms with van der Waals surface area (Å²) in [5, 5.41) is 18.0. The van der Waals surface area contributed by atoms with Gasteiger partial charge in [0.15, 0.2) is 0 Å². The van der Waals surface area contributed by atoms with Crippen molar-refractivity contribution in [3.05, 3.63) is 35.4 Å². The van der Waals surface area contributed by atoms with Gasteiger partial charge in [0, 0.05) is 11.6 Å². The van der Waals surface area contributed by atoms with Crippen LogP contribution in [0.2, 0.25) is 0 Å². The molecule has 3 nitrogen and oxygen atoms in total. The maximum Gasteiger partial charge on any atom is 0.131 e. The molecule has 2 atom stereocenters. The van der Waals surface area contributed by atoms with Crippen molar-refractivity contribution in [3.63, 3.8) is 0 Å². The Morgan fingerprint density at radius 3 is 2.50 bits per heavy atom. The SMILES string of the molecule is NC(CO)C(O)c1ccc(F)cc1F. The molecule has 0 saturated heterocycles. The standard InChI is InChI=1S/C9H11F2NO2/c10-5-1-2-6(7(11)3-5)9(14)8(12)4-13/h1-3,8-9,13-14H,4,12H2. The summed E-state index contributed by atoms with van der Waals surface area (Å²) < 4.78 is 25.6. The van der Waals surface area contributed by atoms with E-state index in [1.165, 1.54) is 0 Å². The van der Waals surface area contributed by atoms with Crippen LogP contribution in [0.15, 0.2) is 18.2 Å². The molecule has 0 amide bonds. The van der Waals surface area contributed by atoms with Gasteiger partial charge in [-0.15, -0.1) is 0 Å². The van der Waals surface area contributed by atoms with Gasteiger partial charge in [0.1, 0.15) is 11.6 Å². The van der Waals surface area contributed by atoms with Gasteiger partial charge in [-0.25, -0.2) is 8.78 Å². The number of hydrogen-bond acceptors (Lipinski definition) is 3. The van der Waals surface area contributed by atoms with Crippen LogP contribution < -0.4 is 5.73 Å². The van der Waals surface area contributed by atoms with Crippen molar-refractivity contribution in [1.29, 1.82) is 0 Å². The van der Waals surface area contributed by atoms with E-state index in [2.05, 4.69) is 0 Å². The van der Waals surface area contributed by atoms with E-state index >= 15 is 0 Å². The van der Waals surface area contributed by atoms with Gasteiger partial charge >= 0.3 is 0 Å². The molecule has 0 heterocycles. The number of aliphatic hydroxyl groups is 2. The van der Waals surface area contributed by atoms with Crippen molar-refractivity contribution in [2.24, 2.45) is 5.73 Å². The van der Waals surface area contributed by atoms with Crippen LogP contribution in [0.3, 0.4) is 0 Å². The minimum absolute atomic E-state index is 0.118. The van der Waals surface area contributed by atoms with E-state index in [9.17, 15) is 13.9 Å². The van der Waals surface area contributed by atoms with E-state index in [4.69, 9.17) is 10.8 Å². The number of rotatable bonds is 3. The first-order valence-electron chi connectivity index (χ1n) is 4.05. The predicted molar refractivity (Wildman–Crippen MR) is 46.4 cm³/mol. The number of benzene rings is 1. The highest BCUT2D eigenvalue weighted by Gasteiger charge is 2.19. The lowest BCUT2D eigenvalue weighted by molar-refractivity contribution is 0.106. The lowest BCUT2D eigenvalue weighted by Crippen LogP contribution is -2.32. The molecule has 4 N–H and O–H groups in total.